The quantitative estimate of drug-likeness (QED) is 0.416. The van der Waals surface area contributed by atoms with E-state index in [0.717, 1.165) is 40.9 Å². The molecule has 7 heteroatoms. The summed E-state index contributed by atoms with van der Waals surface area (Å²) >= 11 is 0. The molecule has 0 atom stereocenters. The fourth-order valence-corrected chi connectivity index (χ4v) is 4.99. The van der Waals surface area contributed by atoms with Crippen molar-refractivity contribution in [3.8, 4) is 22.9 Å². The van der Waals surface area contributed by atoms with E-state index in [1.54, 1.807) is 6.07 Å². The highest BCUT2D eigenvalue weighted by Gasteiger charge is 2.29. The van der Waals surface area contributed by atoms with Crippen LogP contribution in [-0.4, -0.2) is 40.2 Å². The summed E-state index contributed by atoms with van der Waals surface area (Å²) in [6.45, 7) is 3.47. The fraction of sp³-hybridized carbons (Fsp3) is 0.259. The van der Waals surface area contributed by atoms with Crippen LogP contribution in [0.1, 0.15) is 34.8 Å². The molecule has 6 nitrogen and oxygen atoms in total. The minimum absolute atomic E-state index is 0.0742. The van der Waals surface area contributed by atoms with E-state index in [-0.39, 0.29) is 24.6 Å². The molecule has 1 saturated heterocycles. The predicted molar refractivity (Wildman–Crippen MR) is 127 cm³/mol. The van der Waals surface area contributed by atoms with Gasteiger partial charge in [0.25, 0.3) is 5.91 Å². The second-order valence-electron chi connectivity index (χ2n) is 8.84. The molecule has 3 aromatic carbocycles. The molecule has 2 aliphatic rings. The maximum atomic E-state index is 14.0. The molecule has 0 unspecified atom stereocenters. The highest BCUT2D eigenvalue weighted by molar-refractivity contribution is 5.95. The molecule has 1 aromatic heterocycles. The second-order valence-corrected chi connectivity index (χ2v) is 8.84. The van der Waals surface area contributed by atoms with Crippen LogP contribution < -0.4 is 9.47 Å². The summed E-state index contributed by atoms with van der Waals surface area (Å²) in [7, 11) is 0. The van der Waals surface area contributed by atoms with Crippen molar-refractivity contribution in [3.05, 3.63) is 77.6 Å². The van der Waals surface area contributed by atoms with E-state index in [1.807, 2.05) is 54.3 Å². The van der Waals surface area contributed by atoms with Gasteiger partial charge in [-0.05, 0) is 61.7 Å². The number of nitrogens with zero attached hydrogens (tertiary/aromatic N) is 3. The van der Waals surface area contributed by atoms with Crippen molar-refractivity contribution < 1.29 is 18.7 Å². The first-order chi connectivity index (χ1) is 16.6. The van der Waals surface area contributed by atoms with Gasteiger partial charge < -0.3 is 18.9 Å². The largest absolute Gasteiger partial charge is 0.454 e. The zero-order chi connectivity index (χ0) is 23.2. The Morgan fingerprint density at radius 2 is 1.79 bits per heavy atom. The van der Waals surface area contributed by atoms with Crippen LogP contribution in [0.15, 0.2) is 60.7 Å². The van der Waals surface area contributed by atoms with Crippen molar-refractivity contribution in [1.29, 1.82) is 0 Å². The number of carbonyl (C=O) groups is 1. The Bertz CT molecular complexity index is 1410. The number of ether oxygens (including phenoxy) is 2. The van der Waals surface area contributed by atoms with Gasteiger partial charge in [0.15, 0.2) is 11.5 Å². The summed E-state index contributed by atoms with van der Waals surface area (Å²) < 4.78 is 27.2. The molecule has 0 bridgehead atoms. The van der Waals surface area contributed by atoms with Gasteiger partial charge in [0, 0.05) is 36.3 Å². The molecular formula is C27H24FN3O3. The van der Waals surface area contributed by atoms with E-state index in [1.165, 1.54) is 12.1 Å². The molecule has 0 saturated carbocycles. The number of piperidine rings is 1. The summed E-state index contributed by atoms with van der Waals surface area (Å²) in [5.74, 6) is 1.92. The molecule has 34 heavy (non-hydrogen) atoms. The number of carbonyl (C=O) groups excluding carboxylic acids is 1. The molecule has 3 heterocycles. The van der Waals surface area contributed by atoms with Crippen molar-refractivity contribution in [3.63, 3.8) is 0 Å². The number of imidazole rings is 1. The number of aromatic nitrogens is 2. The summed E-state index contributed by atoms with van der Waals surface area (Å²) in [6.07, 6.45) is 1.58. The highest BCUT2D eigenvalue weighted by atomic mass is 19.1. The Kier molecular flexibility index (Phi) is 4.98. The number of hydrogen-bond donors (Lipinski definition) is 0. The van der Waals surface area contributed by atoms with E-state index in [9.17, 15) is 9.18 Å². The molecule has 1 amide bonds. The maximum absolute atomic E-state index is 14.0. The summed E-state index contributed by atoms with van der Waals surface area (Å²) in [5, 5.41) is 0. The smallest absolute Gasteiger partial charge is 0.254 e. The number of halogens is 1. The van der Waals surface area contributed by atoms with Crippen LogP contribution in [0.3, 0.4) is 0 Å². The number of benzene rings is 3. The molecule has 1 fully saturated rings. The van der Waals surface area contributed by atoms with Crippen LogP contribution in [0.25, 0.3) is 22.4 Å². The van der Waals surface area contributed by atoms with Crippen molar-refractivity contribution in [2.45, 2.75) is 25.8 Å². The Balaban J connectivity index is 1.33. The standard InChI is InChI=1S/C27H24FN3O3/c1-17-4-2-3-5-21(17)27(32)30-12-10-20(11-13-30)31-23-8-7-19(28)15-22(23)29-26(31)18-6-9-24-25(14-18)34-16-33-24/h2-9,14-15,20H,10-13,16H2,1H3. The number of hydrogen-bond acceptors (Lipinski definition) is 4. The SMILES string of the molecule is Cc1ccccc1C(=O)N1CCC(n2c(-c3ccc4c(c3)OCO4)nc3cc(F)ccc32)CC1. The molecule has 172 valence electrons. The lowest BCUT2D eigenvalue weighted by atomic mass is 10.0. The van der Waals surface area contributed by atoms with Gasteiger partial charge in [0.1, 0.15) is 11.6 Å². The Hall–Kier alpha value is -3.87. The van der Waals surface area contributed by atoms with Gasteiger partial charge in [0.05, 0.1) is 11.0 Å². The van der Waals surface area contributed by atoms with Gasteiger partial charge in [0.2, 0.25) is 6.79 Å². The highest BCUT2D eigenvalue weighted by Crippen LogP contribution is 2.39. The van der Waals surface area contributed by atoms with Gasteiger partial charge in [-0.1, -0.05) is 18.2 Å². The first-order valence-corrected chi connectivity index (χ1v) is 11.5. The third-order valence-electron chi connectivity index (χ3n) is 6.77. The third-order valence-corrected chi connectivity index (χ3v) is 6.77. The van der Waals surface area contributed by atoms with Crippen molar-refractivity contribution in [2.75, 3.05) is 19.9 Å². The van der Waals surface area contributed by atoms with Crippen LogP contribution in [0.2, 0.25) is 0 Å². The number of rotatable bonds is 3. The summed E-state index contributed by atoms with van der Waals surface area (Å²) in [6, 6.07) is 18.3. The lowest BCUT2D eigenvalue weighted by molar-refractivity contribution is 0.0695. The lowest BCUT2D eigenvalue weighted by Crippen LogP contribution is -2.39. The van der Waals surface area contributed by atoms with E-state index in [0.29, 0.717) is 30.1 Å². The van der Waals surface area contributed by atoms with Crippen LogP contribution in [0.5, 0.6) is 11.5 Å². The Morgan fingerprint density at radius 1 is 1.00 bits per heavy atom. The van der Waals surface area contributed by atoms with Gasteiger partial charge in [-0.25, -0.2) is 9.37 Å². The Labute approximate surface area is 196 Å². The molecule has 0 spiro atoms. The molecule has 0 aliphatic carbocycles. The van der Waals surface area contributed by atoms with Crippen molar-refractivity contribution in [1.82, 2.24) is 14.5 Å². The molecule has 6 rings (SSSR count). The maximum Gasteiger partial charge on any atom is 0.254 e. The van der Waals surface area contributed by atoms with Crippen LogP contribution in [0, 0.1) is 12.7 Å². The van der Waals surface area contributed by atoms with E-state index >= 15 is 0 Å². The average Bonchev–Trinajstić information content (AvgIpc) is 3.48. The molecular weight excluding hydrogens is 433 g/mol. The third kappa shape index (κ3) is 3.48. The van der Waals surface area contributed by atoms with E-state index in [2.05, 4.69) is 4.57 Å². The first kappa shape index (κ1) is 20.7. The number of fused-ring (bicyclic) bond motifs is 2. The second kappa shape index (κ2) is 8.17. The molecule has 0 radical (unpaired) electrons. The predicted octanol–water partition coefficient (Wildman–Crippen LogP) is 5.36. The zero-order valence-corrected chi connectivity index (χ0v) is 18.8. The number of aryl methyl sites for hydroxylation is 1. The monoisotopic (exact) mass is 457 g/mol. The zero-order valence-electron chi connectivity index (χ0n) is 18.8. The average molecular weight is 458 g/mol. The minimum atomic E-state index is -0.312. The van der Waals surface area contributed by atoms with Crippen LogP contribution in [0.4, 0.5) is 4.39 Å². The minimum Gasteiger partial charge on any atom is -0.454 e. The summed E-state index contributed by atoms with van der Waals surface area (Å²) in [4.78, 5) is 19.8. The number of likely N-dealkylation sites (tertiary alicyclic amines) is 1. The van der Waals surface area contributed by atoms with Gasteiger partial charge in [-0.3, -0.25) is 4.79 Å². The van der Waals surface area contributed by atoms with E-state index in [4.69, 9.17) is 14.5 Å². The van der Waals surface area contributed by atoms with Gasteiger partial charge in [-0.2, -0.15) is 0 Å². The van der Waals surface area contributed by atoms with Crippen molar-refractivity contribution in [2.24, 2.45) is 0 Å². The lowest BCUT2D eigenvalue weighted by Gasteiger charge is -2.34. The van der Waals surface area contributed by atoms with Crippen molar-refractivity contribution >= 4 is 16.9 Å². The van der Waals surface area contributed by atoms with Gasteiger partial charge in [-0.15, -0.1) is 0 Å². The normalized spacial score (nSPS) is 15.8. The number of amides is 1. The Morgan fingerprint density at radius 3 is 2.62 bits per heavy atom. The van der Waals surface area contributed by atoms with Crippen LogP contribution >= 0.6 is 0 Å². The molecule has 2 aliphatic heterocycles. The first-order valence-electron chi connectivity index (χ1n) is 11.5. The molecule has 4 aromatic rings. The topological polar surface area (TPSA) is 56.6 Å². The van der Waals surface area contributed by atoms with Crippen LogP contribution in [-0.2, 0) is 0 Å². The van der Waals surface area contributed by atoms with Gasteiger partial charge >= 0.3 is 0 Å². The molecule has 0 N–H and O–H groups in total. The summed E-state index contributed by atoms with van der Waals surface area (Å²) in [5.41, 5.74) is 4.14. The fourth-order valence-electron chi connectivity index (χ4n) is 4.99. The van der Waals surface area contributed by atoms with E-state index < -0.39 is 0 Å².